The van der Waals surface area contributed by atoms with Crippen LogP contribution in [0.25, 0.3) is 21.7 Å². The van der Waals surface area contributed by atoms with E-state index < -0.39 is 23.3 Å². The number of hydrogen-bond acceptors (Lipinski definition) is 5. The second kappa shape index (κ2) is 9.09. The number of benzene rings is 1. The minimum absolute atomic E-state index is 0.0779. The number of hydrogen-bond donors (Lipinski definition) is 1. The highest BCUT2D eigenvalue weighted by molar-refractivity contribution is 6.06. The summed E-state index contributed by atoms with van der Waals surface area (Å²) in [6.07, 6.45) is -3.22. The van der Waals surface area contributed by atoms with Crippen LogP contribution < -0.4 is 15.6 Å². The largest absolute Gasteiger partial charge is 0.444 e. The topological polar surface area (TPSA) is 82.5 Å². The first-order valence-corrected chi connectivity index (χ1v) is 11.5. The molecule has 1 N–H and O–H groups in total. The molecule has 0 aliphatic carbocycles. The van der Waals surface area contributed by atoms with E-state index in [-0.39, 0.29) is 29.0 Å². The maximum atomic E-state index is 15.6. The van der Waals surface area contributed by atoms with E-state index in [1.165, 1.54) is 23.6 Å². The zero-order valence-corrected chi connectivity index (χ0v) is 21.5. The van der Waals surface area contributed by atoms with Gasteiger partial charge in [0.1, 0.15) is 16.9 Å². The standard InChI is InChI=1S/C26H33F2N3O4/c1-15(2)14-25(7,30-23(33)35-24(4,5)6)26(27,28)34-17-9-10-18-19-11-12-29-16(3)21(19)31(8)22(32)20(18)13-17/h9-13,15H,14H2,1-8H3,(H,30,33). The van der Waals surface area contributed by atoms with Crippen LogP contribution in [0.1, 0.15) is 53.7 Å². The number of nitrogens with zero attached hydrogens (tertiary/aromatic N) is 2. The van der Waals surface area contributed by atoms with E-state index >= 15 is 8.78 Å². The van der Waals surface area contributed by atoms with Crippen LogP contribution in [0.4, 0.5) is 13.6 Å². The Balaban J connectivity index is 2.04. The Morgan fingerprint density at radius 3 is 2.37 bits per heavy atom. The summed E-state index contributed by atoms with van der Waals surface area (Å²) in [5, 5.41) is 3.96. The molecule has 9 heteroatoms. The third kappa shape index (κ3) is 5.39. The van der Waals surface area contributed by atoms with Crippen LogP contribution in [0.5, 0.6) is 5.75 Å². The van der Waals surface area contributed by atoms with Gasteiger partial charge in [-0.25, -0.2) is 4.79 Å². The average Bonchev–Trinajstić information content (AvgIpc) is 2.69. The second-order valence-electron chi connectivity index (χ2n) is 10.5. The number of carbonyl (C=O) groups is 1. The fourth-order valence-corrected chi connectivity index (χ4v) is 4.33. The quantitative estimate of drug-likeness (QED) is 0.450. The summed E-state index contributed by atoms with van der Waals surface area (Å²) in [6, 6.07) is 6.08. The Labute approximate surface area is 203 Å². The lowest BCUT2D eigenvalue weighted by molar-refractivity contribution is -0.232. The molecule has 0 fully saturated rings. The Hall–Kier alpha value is -3.23. The van der Waals surface area contributed by atoms with E-state index in [9.17, 15) is 9.59 Å². The van der Waals surface area contributed by atoms with Gasteiger partial charge in [-0.15, -0.1) is 0 Å². The smallest absolute Gasteiger partial charge is 0.421 e. The molecule has 0 spiro atoms. The molecule has 3 aromatic rings. The monoisotopic (exact) mass is 489 g/mol. The fourth-order valence-electron chi connectivity index (χ4n) is 4.33. The van der Waals surface area contributed by atoms with E-state index in [4.69, 9.17) is 9.47 Å². The maximum absolute atomic E-state index is 15.6. The number of carbonyl (C=O) groups excluding carboxylic acids is 1. The van der Waals surface area contributed by atoms with Gasteiger partial charge in [0, 0.05) is 18.6 Å². The number of aromatic nitrogens is 2. The predicted molar refractivity (Wildman–Crippen MR) is 132 cm³/mol. The third-order valence-corrected chi connectivity index (χ3v) is 5.74. The molecule has 190 valence electrons. The summed E-state index contributed by atoms with van der Waals surface area (Å²) < 4.78 is 43.1. The van der Waals surface area contributed by atoms with Gasteiger partial charge < -0.3 is 19.4 Å². The summed E-state index contributed by atoms with van der Waals surface area (Å²) in [5.41, 5.74) is -1.92. The van der Waals surface area contributed by atoms with E-state index in [1.807, 2.05) is 0 Å². The number of ether oxygens (including phenoxy) is 2. The van der Waals surface area contributed by atoms with Gasteiger partial charge in [-0.05, 0) is 76.6 Å². The number of pyridine rings is 2. The number of fused-ring (bicyclic) bond motifs is 3. The zero-order chi connectivity index (χ0) is 26.3. The van der Waals surface area contributed by atoms with Crippen molar-refractivity contribution in [2.24, 2.45) is 13.0 Å². The SMILES string of the molecule is Cc1nccc2c3ccc(OC(F)(F)C(C)(CC(C)C)NC(=O)OC(C)(C)C)cc3c(=O)n(C)c12. The Bertz CT molecular complexity index is 1330. The van der Waals surface area contributed by atoms with Crippen LogP contribution in [0.15, 0.2) is 35.3 Å². The van der Waals surface area contributed by atoms with Crippen molar-refractivity contribution in [2.45, 2.75) is 72.1 Å². The van der Waals surface area contributed by atoms with Gasteiger partial charge in [-0.3, -0.25) is 9.78 Å². The van der Waals surface area contributed by atoms with Crippen LogP contribution in [0, 0.1) is 12.8 Å². The number of nitrogens with one attached hydrogen (secondary N) is 1. The first kappa shape index (κ1) is 26.4. The van der Waals surface area contributed by atoms with E-state index in [1.54, 1.807) is 66.9 Å². The molecule has 0 aliphatic rings. The summed E-state index contributed by atoms with van der Waals surface area (Å²) in [5.74, 6) is -0.373. The van der Waals surface area contributed by atoms with Gasteiger partial charge in [0.2, 0.25) is 0 Å². The van der Waals surface area contributed by atoms with Gasteiger partial charge in [-0.1, -0.05) is 13.8 Å². The molecule has 0 saturated heterocycles. The fraction of sp³-hybridized carbons (Fsp3) is 0.500. The predicted octanol–water partition coefficient (Wildman–Crippen LogP) is 5.70. The molecule has 0 radical (unpaired) electrons. The zero-order valence-electron chi connectivity index (χ0n) is 21.5. The highest BCUT2D eigenvalue weighted by atomic mass is 19.3. The van der Waals surface area contributed by atoms with E-state index in [0.29, 0.717) is 16.6 Å². The molecule has 1 amide bonds. The molecule has 1 unspecified atom stereocenters. The Morgan fingerprint density at radius 1 is 1.11 bits per heavy atom. The summed E-state index contributed by atoms with van der Waals surface area (Å²) in [6.45, 7) is 11.5. The van der Waals surface area contributed by atoms with Crippen LogP contribution in [-0.4, -0.2) is 32.9 Å². The molecule has 0 aliphatic heterocycles. The highest BCUT2D eigenvalue weighted by Crippen LogP contribution is 2.37. The summed E-state index contributed by atoms with van der Waals surface area (Å²) in [7, 11) is 1.62. The number of rotatable bonds is 6. The molecule has 3 rings (SSSR count). The Morgan fingerprint density at radius 2 is 1.77 bits per heavy atom. The molecule has 0 bridgehead atoms. The highest BCUT2D eigenvalue weighted by Gasteiger charge is 2.55. The van der Waals surface area contributed by atoms with Gasteiger partial charge in [0.25, 0.3) is 5.56 Å². The lowest BCUT2D eigenvalue weighted by Gasteiger charge is -2.38. The molecule has 2 heterocycles. The average molecular weight is 490 g/mol. The van der Waals surface area contributed by atoms with Gasteiger partial charge in [0.05, 0.1) is 16.6 Å². The summed E-state index contributed by atoms with van der Waals surface area (Å²) >= 11 is 0. The van der Waals surface area contributed by atoms with Crippen molar-refractivity contribution in [1.29, 1.82) is 0 Å². The van der Waals surface area contributed by atoms with Crippen molar-refractivity contribution in [3.05, 3.63) is 46.5 Å². The molecule has 0 saturated carbocycles. The first-order chi connectivity index (χ1) is 16.0. The molecule has 35 heavy (non-hydrogen) atoms. The first-order valence-electron chi connectivity index (χ1n) is 11.5. The number of amides is 1. The number of alkyl halides is 2. The van der Waals surface area contributed by atoms with Crippen molar-refractivity contribution < 1.29 is 23.0 Å². The minimum Gasteiger partial charge on any atom is -0.444 e. The van der Waals surface area contributed by atoms with Crippen molar-refractivity contribution >= 4 is 27.8 Å². The van der Waals surface area contributed by atoms with Crippen LogP contribution in [0.3, 0.4) is 0 Å². The van der Waals surface area contributed by atoms with Crippen LogP contribution in [-0.2, 0) is 11.8 Å². The summed E-state index contributed by atoms with van der Waals surface area (Å²) in [4.78, 5) is 29.7. The molecule has 1 aromatic carbocycles. The molecular formula is C26H33F2N3O4. The molecule has 2 aromatic heterocycles. The minimum atomic E-state index is -3.82. The van der Waals surface area contributed by atoms with Crippen molar-refractivity contribution in [3.8, 4) is 5.75 Å². The lowest BCUT2D eigenvalue weighted by Crippen LogP contribution is -2.62. The second-order valence-corrected chi connectivity index (χ2v) is 10.5. The van der Waals surface area contributed by atoms with Gasteiger partial charge in [0.15, 0.2) is 0 Å². The van der Waals surface area contributed by atoms with Gasteiger partial charge in [-0.2, -0.15) is 8.78 Å². The Kier molecular flexibility index (Phi) is 6.85. The van der Waals surface area contributed by atoms with E-state index in [2.05, 4.69) is 10.3 Å². The normalized spacial score (nSPS) is 14.3. The van der Waals surface area contributed by atoms with Crippen molar-refractivity contribution in [1.82, 2.24) is 14.9 Å². The maximum Gasteiger partial charge on any atom is 0.421 e. The van der Waals surface area contributed by atoms with Crippen LogP contribution >= 0.6 is 0 Å². The van der Waals surface area contributed by atoms with Gasteiger partial charge >= 0.3 is 12.2 Å². The van der Waals surface area contributed by atoms with Crippen LogP contribution in [0.2, 0.25) is 0 Å². The van der Waals surface area contributed by atoms with E-state index in [0.717, 1.165) is 5.39 Å². The molecular weight excluding hydrogens is 456 g/mol. The van der Waals surface area contributed by atoms with Crippen molar-refractivity contribution in [2.75, 3.05) is 0 Å². The molecule has 1 atom stereocenters. The molecule has 7 nitrogen and oxygen atoms in total. The number of alkyl carbamates (subject to hydrolysis) is 1. The number of aryl methyl sites for hydroxylation is 2. The number of halogens is 2. The lowest BCUT2D eigenvalue weighted by atomic mass is 9.89. The third-order valence-electron chi connectivity index (χ3n) is 5.74. The van der Waals surface area contributed by atoms with Crippen molar-refractivity contribution in [3.63, 3.8) is 0 Å².